The van der Waals surface area contributed by atoms with Crippen LogP contribution in [0.5, 0.6) is 11.5 Å². The molecule has 0 saturated carbocycles. The Hall–Kier alpha value is -2.00. The Bertz CT molecular complexity index is 541. The van der Waals surface area contributed by atoms with E-state index in [4.69, 9.17) is 21.1 Å². The third kappa shape index (κ3) is 3.73. The van der Waals surface area contributed by atoms with Gasteiger partial charge in [0.2, 0.25) is 0 Å². The van der Waals surface area contributed by atoms with Gasteiger partial charge in [-0.25, -0.2) is 0 Å². The summed E-state index contributed by atoms with van der Waals surface area (Å²) in [5.41, 5.74) is 1.71. The molecule has 2 bridgehead atoms. The van der Waals surface area contributed by atoms with Crippen molar-refractivity contribution in [3.63, 3.8) is 0 Å². The molecule has 2 heterocycles. The number of fused-ring (bicyclic) bond motifs is 3. The van der Waals surface area contributed by atoms with Crippen LogP contribution in [0.15, 0.2) is 48.5 Å². The number of hydrogen-bond acceptors (Lipinski definition) is 3. The standard InChI is InChI=1S/C8H7ClO2.C7H6O/c1-11-7-4-2-3-6(5-7)8(9)10;1-3-7-4-2-6(1)5-8-7/h2-5H,1H3;1-4H,5H2. The summed E-state index contributed by atoms with van der Waals surface area (Å²) < 4.78 is 10.1. The van der Waals surface area contributed by atoms with Crippen LogP contribution in [-0.4, -0.2) is 12.4 Å². The first kappa shape index (κ1) is 13.4. The fourth-order valence-electron chi connectivity index (χ4n) is 1.59. The average Bonchev–Trinajstić information content (AvgIpc) is 2.50. The third-order valence-electron chi connectivity index (χ3n) is 2.63. The molecule has 0 fully saturated rings. The summed E-state index contributed by atoms with van der Waals surface area (Å²) in [6, 6.07) is 14.8. The number of hydrogen-bond donors (Lipinski definition) is 0. The van der Waals surface area contributed by atoms with Gasteiger partial charge in [0.1, 0.15) is 18.1 Å². The lowest BCUT2D eigenvalue weighted by Gasteiger charge is -2.11. The summed E-state index contributed by atoms with van der Waals surface area (Å²) in [6.45, 7) is 0.766. The molecule has 2 aromatic carbocycles. The average molecular weight is 277 g/mol. The normalized spacial score (nSPS) is 11.1. The number of methoxy groups -OCH3 is 1. The van der Waals surface area contributed by atoms with Crippen molar-refractivity contribution in [2.24, 2.45) is 0 Å². The van der Waals surface area contributed by atoms with E-state index < -0.39 is 5.24 Å². The first-order valence-corrected chi connectivity index (χ1v) is 6.12. The van der Waals surface area contributed by atoms with E-state index in [1.54, 1.807) is 24.3 Å². The molecule has 0 amide bonds. The van der Waals surface area contributed by atoms with E-state index >= 15 is 0 Å². The number of ether oxygens (including phenoxy) is 2. The molecule has 0 radical (unpaired) electrons. The zero-order valence-electron chi connectivity index (χ0n) is 10.4. The van der Waals surface area contributed by atoms with Crippen molar-refractivity contribution in [1.29, 1.82) is 0 Å². The fraction of sp³-hybridized carbons (Fsp3) is 0.133. The van der Waals surface area contributed by atoms with Crippen LogP contribution in [-0.2, 0) is 6.61 Å². The van der Waals surface area contributed by atoms with Gasteiger partial charge in [-0.3, -0.25) is 4.79 Å². The smallest absolute Gasteiger partial charge is 0.252 e. The fourth-order valence-corrected chi connectivity index (χ4v) is 1.71. The number of halogens is 1. The van der Waals surface area contributed by atoms with Crippen LogP contribution in [0.25, 0.3) is 0 Å². The van der Waals surface area contributed by atoms with Crippen molar-refractivity contribution in [2.45, 2.75) is 6.61 Å². The highest BCUT2D eigenvalue weighted by Crippen LogP contribution is 2.19. The lowest BCUT2D eigenvalue weighted by molar-refractivity contribution is 0.108. The van der Waals surface area contributed by atoms with Crippen molar-refractivity contribution in [3.8, 4) is 11.5 Å². The molecule has 0 saturated heterocycles. The van der Waals surface area contributed by atoms with Gasteiger partial charge in [0.15, 0.2) is 0 Å². The van der Waals surface area contributed by atoms with Gasteiger partial charge in [-0.2, -0.15) is 0 Å². The first-order chi connectivity index (χ1) is 9.19. The number of carbonyl (C=O) groups excluding carboxylic acids is 1. The van der Waals surface area contributed by atoms with E-state index in [0.717, 1.165) is 12.4 Å². The van der Waals surface area contributed by atoms with Crippen molar-refractivity contribution < 1.29 is 14.3 Å². The summed E-state index contributed by atoms with van der Waals surface area (Å²) in [5.74, 6) is 1.62. The molecule has 0 atom stereocenters. The van der Waals surface area contributed by atoms with Gasteiger partial charge < -0.3 is 9.47 Å². The van der Waals surface area contributed by atoms with Gasteiger partial charge >= 0.3 is 0 Å². The minimum atomic E-state index is -0.469. The van der Waals surface area contributed by atoms with Gasteiger partial charge in [-0.05, 0) is 47.5 Å². The molecule has 0 aliphatic carbocycles. The first-order valence-electron chi connectivity index (χ1n) is 5.74. The lowest BCUT2D eigenvalue weighted by Crippen LogP contribution is -2.00. The van der Waals surface area contributed by atoms with E-state index in [1.165, 1.54) is 12.7 Å². The Morgan fingerprint density at radius 1 is 1.21 bits per heavy atom. The highest BCUT2D eigenvalue weighted by molar-refractivity contribution is 6.67. The van der Waals surface area contributed by atoms with E-state index in [2.05, 4.69) is 12.1 Å². The summed E-state index contributed by atoms with van der Waals surface area (Å²) in [6.07, 6.45) is 0. The van der Waals surface area contributed by atoms with E-state index in [-0.39, 0.29) is 0 Å². The van der Waals surface area contributed by atoms with Gasteiger partial charge in [0.25, 0.3) is 5.24 Å². The zero-order chi connectivity index (χ0) is 13.7. The van der Waals surface area contributed by atoms with E-state index in [0.29, 0.717) is 11.3 Å². The van der Waals surface area contributed by atoms with Gasteiger partial charge in [-0.1, -0.05) is 18.2 Å². The summed E-state index contributed by atoms with van der Waals surface area (Å²) in [5, 5.41) is -0.469. The Kier molecular flexibility index (Phi) is 4.42. The number of carbonyl (C=O) groups is 1. The highest BCUT2D eigenvalue weighted by Gasteiger charge is 2.02. The molecule has 4 heteroatoms. The van der Waals surface area contributed by atoms with Crippen molar-refractivity contribution in [2.75, 3.05) is 7.11 Å². The maximum absolute atomic E-state index is 10.6. The van der Waals surface area contributed by atoms with Crippen LogP contribution >= 0.6 is 11.6 Å². The van der Waals surface area contributed by atoms with Crippen molar-refractivity contribution >= 4 is 16.8 Å². The van der Waals surface area contributed by atoms with Crippen LogP contribution in [0.4, 0.5) is 0 Å². The molecule has 98 valence electrons. The van der Waals surface area contributed by atoms with Gasteiger partial charge in [0, 0.05) is 5.56 Å². The van der Waals surface area contributed by atoms with E-state index in [9.17, 15) is 4.79 Å². The molecular formula is C15H13ClO3. The summed E-state index contributed by atoms with van der Waals surface area (Å²) in [4.78, 5) is 10.6. The Morgan fingerprint density at radius 3 is 2.32 bits per heavy atom. The molecule has 19 heavy (non-hydrogen) atoms. The molecular weight excluding hydrogens is 264 g/mol. The Morgan fingerprint density at radius 2 is 1.95 bits per heavy atom. The molecule has 4 rings (SSSR count). The largest absolute Gasteiger partial charge is 0.497 e. The maximum atomic E-state index is 10.6. The molecule has 0 N–H and O–H groups in total. The minimum Gasteiger partial charge on any atom is -0.497 e. The van der Waals surface area contributed by atoms with Crippen LogP contribution < -0.4 is 9.47 Å². The second-order valence-corrected chi connectivity index (χ2v) is 4.28. The van der Waals surface area contributed by atoms with Crippen LogP contribution in [0, 0.1) is 0 Å². The highest BCUT2D eigenvalue weighted by atomic mass is 35.5. The third-order valence-corrected chi connectivity index (χ3v) is 2.84. The monoisotopic (exact) mass is 276 g/mol. The second kappa shape index (κ2) is 6.25. The lowest BCUT2D eigenvalue weighted by atomic mass is 10.2. The Labute approximate surface area is 116 Å². The molecule has 0 spiro atoms. The molecule has 2 aromatic rings. The molecule has 2 aliphatic rings. The van der Waals surface area contributed by atoms with Crippen LogP contribution in [0.2, 0.25) is 0 Å². The summed E-state index contributed by atoms with van der Waals surface area (Å²) >= 11 is 5.24. The zero-order valence-corrected chi connectivity index (χ0v) is 11.2. The molecule has 2 aliphatic heterocycles. The van der Waals surface area contributed by atoms with Crippen LogP contribution in [0.1, 0.15) is 15.9 Å². The predicted octanol–water partition coefficient (Wildman–Crippen LogP) is 3.65. The SMILES string of the molecule is COc1cccc(C(=O)Cl)c1.c1cc2ccc1CO2. The quantitative estimate of drug-likeness (QED) is 0.786. The predicted molar refractivity (Wildman–Crippen MR) is 74.0 cm³/mol. The van der Waals surface area contributed by atoms with Crippen molar-refractivity contribution in [1.82, 2.24) is 0 Å². The number of benzene rings is 2. The van der Waals surface area contributed by atoms with Gasteiger partial charge in [0.05, 0.1) is 7.11 Å². The van der Waals surface area contributed by atoms with E-state index in [1.807, 2.05) is 12.1 Å². The topological polar surface area (TPSA) is 35.5 Å². The summed E-state index contributed by atoms with van der Waals surface area (Å²) in [7, 11) is 1.54. The minimum absolute atomic E-state index is 0.450. The molecule has 0 aromatic heterocycles. The number of rotatable bonds is 2. The second-order valence-electron chi connectivity index (χ2n) is 3.94. The van der Waals surface area contributed by atoms with Crippen molar-refractivity contribution in [3.05, 3.63) is 59.7 Å². The maximum Gasteiger partial charge on any atom is 0.252 e. The van der Waals surface area contributed by atoms with Gasteiger partial charge in [-0.15, -0.1) is 0 Å². The molecule has 3 nitrogen and oxygen atoms in total. The van der Waals surface area contributed by atoms with Crippen LogP contribution in [0.3, 0.4) is 0 Å². The Balaban J connectivity index is 0.000000146. The molecule has 0 unspecified atom stereocenters.